The zero-order valence-electron chi connectivity index (χ0n) is 15.2. The van der Waals surface area contributed by atoms with Crippen molar-refractivity contribution < 1.29 is 0 Å². The maximum absolute atomic E-state index is 4.18. The minimum Gasteiger partial charge on any atom is -0.298 e. The molecule has 0 aliphatic carbocycles. The van der Waals surface area contributed by atoms with E-state index in [9.17, 15) is 0 Å². The predicted molar refractivity (Wildman–Crippen MR) is 107 cm³/mol. The summed E-state index contributed by atoms with van der Waals surface area (Å²) in [4.78, 5) is 2.57. The number of benzene rings is 2. The average Bonchev–Trinajstić information content (AvgIpc) is 3.33. The lowest BCUT2D eigenvalue weighted by Crippen LogP contribution is -2.22. The van der Waals surface area contributed by atoms with E-state index in [1.54, 1.807) is 0 Å². The molecule has 3 aromatic rings. The molecule has 0 unspecified atom stereocenters. The number of hydrogen-bond donors (Lipinski definition) is 1. The fourth-order valence-corrected chi connectivity index (χ4v) is 4.07. The molecule has 1 aliphatic rings. The molecule has 2 atom stereocenters. The molecule has 1 N–H and O–H groups in total. The summed E-state index contributed by atoms with van der Waals surface area (Å²) in [5.41, 5.74) is 5.33. The summed E-state index contributed by atoms with van der Waals surface area (Å²) in [5.74, 6) is 0.964. The third kappa shape index (κ3) is 3.78. The van der Waals surface area contributed by atoms with E-state index >= 15 is 0 Å². The summed E-state index contributed by atoms with van der Waals surface area (Å²) in [6.07, 6.45) is 4.15. The van der Waals surface area contributed by atoms with Crippen LogP contribution >= 0.6 is 0 Å². The molecule has 0 radical (unpaired) electrons. The summed E-state index contributed by atoms with van der Waals surface area (Å²) in [5, 5.41) is 7.38. The molecule has 2 heterocycles. The Morgan fingerprint density at radius 1 is 1.00 bits per heavy atom. The normalized spacial score (nSPS) is 21.2. The van der Waals surface area contributed by atoms with Crippen LogP contribution in [0.25, 0.3) is 6.08 Å². The highest BCUT2D eigenvalue weighted by atomic mass is 15.2. The number of H-pyrrole nitrogens is 1. The lowest BCUT2D eigenvalue weighted by molar-refractivity contribution is 0.360. The van der Waals surface area contributed by atoms with Gasteiger partial charge in [-0.2, -0.15) is 5.10 Å². The van der Waals surface area contributed by atoms with Crippen molar-refractivity contribution in [2.45, 2.75) is 18.8 Å². The third-order valence-corrected chi connectivity index (χ3v) is 5.23. The van der Waals surface area contributed by atoms with Crippen LogP contribution in [0.2, 0.25) is 0 Å². The van der Waals surface area contributed by atoms with Crippen molar-refractivity contribution in [2.75, 3.05) is 19.6 Å². The number of rotatable bonds is 5. The van der Waals surface area contributed by atoms with E-state index in [2.05, 4.69) is 94.8 Å². The first-order valence-electron chi connectivity index (χ1n) is 9.28. The number of aromatic amines is 1. The molecule has 0 spiro atoms. The Kier molecular flexibility index (Phi) is 4.98. The lowest BCUT2D eigenvalue weighted by Gasteiger charge is -2.17. The Morgan fingerprint density at radius 2 is 1.69 bits per heavy atom. The minimum atomic E-state index is 0.462. The highest BCUT2D eigenvalue weighted by Gasteiger charge is 2.35. The summed E-state index contributed by atoms with van der Waals surface area (Å²) in [7, 11) is 0. The molecule has 0 amide bonds. The lowest BCUT2D eigenvalue weighted by atomic mass is 9.87. The Bertz CT molecular complexity index is 838. The fourth-order valence-electron chi connectivity index (χ4n) is 4.07. The average molecular weight is 343 g/mol. The first-order chi connectivity index (χ1) is 12.8. The van der Waals surface area contributed by atoms with Gasteiger partial charge in [0.2, 0.25) is 0 Å². The Morgan fingerprint density at radius 3 is 2.38 bits per heavy atom. The van der Waals surface area contributed by atoms with E-state index in [0.717, 1.165) is 19.6 Å². The fraction of sp³-hybridized carbons (Fsp3) is 0.261. The molecule has 26 heavy (non-hydrogen) atoms. The second kappa shape index (κ2) is 7.71. The van der Waals surface area contributed by atoms with Crippen molar-refractivity contribution in [3.63, 3.8) is 0 Å². The van der Waals surface area contributed by atoms with Crippen LogP contribution in [-0.4, -0.2) is 34.7 Å². The van der Waals surface area contributed by atoms with E-state index in [1.165, 1.54) is 22.4 Å². The molecule has 4 rings (SSSR count). The van der Waals surface area contributed by atoms with Gasteiger partial charge in [0.25, 0.3) is 0 Å². The molecule has 0 bridgehead atoms. The van der Waals surface area contributed by atoms with Gasteiger partial charge in [0.1, 0.15) is 0 Å². The maximum atomic E-state index is 4.18. The van der Waals surface area contributed by atoms with Gasteiger partial charge in [0, 0.05) is 43.4 Å². The maximum Gasteiger partial charge on any atom is 0.0490 e. The Labute approximate surface area is 155 Å². The zero-order valence-corrected chi connectivity index (χ0v) is 15.2. The third-order valence-electron chi connectivity index (χ3n) is 5.23. The highest BCUT2D eigenvalue weighted by Crippen LogP contribution is 2.39. The van der Waals surface area contributed by atoms with Crippen LogP contribution in [-0.2, 0) is 0 Å². The highest BCUT2D eigenvalue weighted by molar-refractivity contribution is 5.52. The minimum absolute atomic E-state index is 0.462. The second-order valence-corrected chi connectivity index (χ2v) is 7.23. The van der Waals surface area contributed by atoms with Crippen LogP contribution < -0.4 is 0 Å². The molecule has 2 aromatic carbocycles. The van der Waals surface area contributed by atoms with Crippen molar-refractivity contribution in [3.05, 3.63) is 95.3 Å². The summed E-state index contributed by atoms with van der Waals surface area (Å²) >= 11 is 0. The Balaban J connectivity index is 1.53. The van der Waals surface area contributed by atoms with Crippen LogP contribution in [0.15, 0.2) is 78.5 Å². The van der Waals surface area contributed by atoms with Crippen LogP contribution in [0.3, 0.4) is 0 Å². The summed E-state index contributed by atoms with van der Waals surface area (Å²) in [6, 6.07) is 23.6. The van der Waals surface area contributed by atoms with Crippen LogP contribution in [0, 0.1) is 0 Å². The van der Waals surface area contributed by atoms with Gasteiger partial charge in [-0.1, -0.05) is 72.3 Å². The standard InChI is InChI=1S/C23H25N3/c1-18(14-19-8-4-2-5-9-19)15-26-16-21(20-10-6-3-7-11-20)22(17-26)23-12-13-24-25-23/h2-14,21-22H,15-17H2,1H3,(H,24,25)/t21-,22+/m0/s1. The summed E-state index contributed by atoms with van der Waals surface area (Å²) < 4.78 is 0. The van der Waals surface area contributed by atoms with Crippen molar-refractivity contribution in [1.29, 1.82) is 0 Å². The number of nitrogens with one attached hydrogen (secondary N) is 1. The first kappa shape index (κ1) is 16.8. The van der Waals surface area contributed by atoms with Gasteiger partial charge in [-0.25, -0.2) is 0 Å². The molecular weight excluding hydrogens is 318 g/mol. The van der Waals surface area contributed by atoms with Crippen molar-refractivity contribution >= 4 is 6.08 Å². The van der Waals surface area contributed by atoms with E-state index in [1.807, 2.05) is 6.20 Å². The van der Waals surface area contributed by atoms with E-state index < -0.39 is 0 Å². The predicted octanol–water partition coefficient (Wildman–Crippen LogP) is 4.70. The number of likely N-dealkylation sites (tertiary alicyclic amines) is 1. The van der Waals surface area contributed by atoms with Crippen molar-refractivity contribution in [1.82, 2.24) is 15.1 Å². The van der Waals surface area contributed by atoms with E-state index in [-0.39, 0.29) is 0 Å². The molecule has 1 saturated heterocycles. The van der Waals surface area contributed by atoms with Gasteiger partial charge in [0.15, 0.2) is 0 Å². The molecule has 0 saturated carbocycles. The second-order valence-electron chi connectivity index (χ2n) is 7.23. The smallest absolute Gasteiger partial charge is 0.0490 e. The number of nitrogens with zero attached hydrogens (tertiary/aromatic N) is 2. The molecular formula is C23H25N3. The van der Waals surface area contributed by atoms with Gasteiger partial charge >= 0.3 is 0 Å². The SMILES string of the molecule is CC(=Cc1ccccc1)CN1C[C@@H](c2ccccc2)[C@H](c2ccn[nH]2)C1. The van der Waals surface area contributed by atoms with Gasteiger partial charge in [-0.15, -0.1) is 0 Å². The van der Waals surface area contributed by atoms with Crippen LogP contribution in [0.5, 0.6) is 0 Å². The molecule has 3 heteroatoms. The van der Waals surface area contributed by atoms with Gasteiger partial charge in [-0.3, -0.25) is 10.00 Å². The van der Waals surface area contributed by atoms with Gasteiger partial charge in [-0.05, 0) is 24.1 Å². The van der Waals surface area contributed by atoms with E-state index in [4.69, 9.17) is 0 Å². The molecule has 3 nitrogen and oxygen atoms in total. The topological polar surface area (TPSA) is 31.9 Å². The molecule has 132 valence electrons. The molecule has 1 aliphatic heterocycles. The van der Waals surface area contributed by atoms with Crippen LogP contribution in [0.4, 0.5) is 0 Å². The number of aromatic nitrogens is 2. The van der Waals surface area contributed by atoms with Crippen molar-refractivity contribution in [3.8, 4) is 0 Å². The van der Waals surface area contributed by atoms with E-state index in [0.29, 0.717) is 11.8 Å². The molecule has 1 fully saturated rings. The van der Waals surface area contributed by atoms with Gasteiger partial charge in [0.05, 0.1) is 0 Å². The van der Waals surface area contributed by atoms with Gasteiger partial charge < -0.3 is 0 Å². The first-order valence-corrected chi connectivity index (χ1v) is 9.28. The van der Waals surface area contributed by atoms with Crippen LogP contribution in [0.1, 0.15) is 35.6 Å². The Hall–Kier alpha value is -2.65. The van der Waals surface area contributed by atoms with Crippen molar-refractivity contribution in [2.24, 2.45) is 0 Å². The summed E-state index contributed by atoms with van der Waals surface area (Å²) in [6.45, 7) is 5.37. The molecule has 1 aromatic heterocycles. The zero-order chi connectivity index (χ0) is 17.8. The number of hydrogen-bond acceptors (Lipinski definition) is 2. The monoisotopic (exact) mass is 343 g/mol. The largest absolute Gasteiger partial charge is 0.298 e. The quantitative estimate of drug-likeness (QED) is 0.728.